The Labute approximate surface area is 140 Å². The fourth-order valence-electron chi connectivity index (χ4n) is 7.28. The zero-order valence-corrected chi connectivity index (χ0v) is 15.0. The Morgan fingerprint density at radius 2 is 1.87 bits per heavy atom. The summed E-state index contributed by atoms with van der Waals surface area (Å²) >= 11 is 0. The van der Waals surface area contributed by atoms with Gasteiger partial charge in [0.05, 0.1) is 5.60 Å². The Bertz CT molecular complexity index is 564. The summed E-state index contributed by atoms with van der Waals surface area (Å²) in [7, 11) is 0. The molecule has 0 saturated heterocycles. The van der Waals surface area contributed by atoms with Gasteiger partial charge in [-0.25, -0.2) is 0 Å². The van der Waals surface area contributed by atoms with Gasteiger partial charge in [0.2, 0.25) is 0 Å². The van der Waals surface area contributed by atoms with Gasteiger partial charge in [-0.05, 0) is 74.2 Å². The quantitative estimate of drug-likeness (QED) is 0.764. The number of carbonyl (C=O) groups excluding carboxylic acids is 1. The molecule has 0 aromatic heterocycles. The summed E-state index contributed by atoms with van der Waals surface area (Å²) in [4.78, 5) is 11.9. The van der Waals surface area contributed by atoms with Crippen LogP contribution < -0.4 is 0 Å². The molecule has 0 aromatic carbocycles. The summed E-state index contributed by atoms with van der Waals surface area (Å²) in [5, 5.41) is 11.9. The predicted molar refractivity (Wildman–Crippen MR) is 92.0 cm³/mol. The molecule has 3 saturated carbocycles. The van der Waals surface area contributed by atoms with Gasteiger partial charge >= 0.3 is 0 Å². The molecular weight excluding hydrogens is 284 g/mol. The number of hydrogen-bond acceptors (Lipinski definition) is 2. The normalized spacial score (nSPS) is 52.4. The van der Waals surface area contributed by atoms with E-state index in [-0.39, 0.29) is 11.2 Å². The molecule has 0 unspecified atom stereocenters. The van der Waals surface area contributed by atoms with E-state index in [0.29, 0.717) is 23.7 Å². The molecule has 6 atom stereocenters. The molecule has 128 valence electrons. The maximum atomic E-state index is 11.9. The Balaban J connectivity index is 1.73. The topological polar surface area (TPSA) is 37.3 Å². The predicted octanol–water partition coefficient (Wildman–Crippen LogP) is 4.66. The third-order valence-electron chi connectivity index (χ3n) is 8.84. The minimum Gasteiger partial charge on any atom is -0.389 e. The highest BCUT2D eigenvalue weighted by molar-refractivity contribution is 5.91. The Morgan fingerprint density at radius 3 is 2.61 bits per heavy atom. The summed E-state index contributed by atoms with van der Waals surface area (Å²) in [5.41, 5.74) is 0.953. The standard InChI is InChI=1S/C21H32O2/c1-4-14-5-7-17-18-8-6-15-13-16(22)9-10-20(15,3)21(18,23)12-11-19(14,17)2/h13-14,17-18,23H,4-12H2,1-3H3/t14-,17-,18-,19+,20-,21+/m0/s1. The summed E-state index contributed by atoms with van der Waals surface area (Å²) in [6.45, 7) is 7.11. The maximum absolute atomic E-state index is 11.9. The van der Waals surface area contributed by atoms with E-state index < -0.39 is 5.60 Å². The van der Waals surface area contributed by atoms with Crippen molar-refractivity contribution in [1.82, 2.24) is 0 Å². The molecule has 4 aliphatic rings. The molecule has 3 fully saturated rings. The van der Waals surface area contributed by atoms with Gasteiger partial charge in [-0.3, -0.25) is 4.79 Å². The van der Waals surface area contributed by atoms with Crippen molar-refractivity contribution in [3.8, 4) is 0 Å². The first-order valence-corrected chi connectivity index (χ1v) is 9.81. The number of aliphatic hydroxyl groups is 1. The van der Waals surface area contributed by atoms with Crippen molar-refractivity contribution >= 4 is 5.78 Å². The van der Waals surface area contributed by atoms with Gasteiger partial charge in [-0.15, -0.1) is 0 Å². The van der Waals surface area contributed by atoms with Crippen LogP contribution in [0.1, 0.15) is 78.6 Å². The minimum atomic E-state index is -0.579. The smallest absolute Gasteiger partial charge is 0.155 e. The van der Waals surface area contributed by atoms with Gasteiger partial charge < -0.3 is 5.11 Å². The van der Waals surface area contributed by atoms with Crippen molar-refractivity contribution < 1.29 is 9.90 Å². The zero-order valence-electron chi connectivity index (χ0n) is 15.0. The van der Waals surface area contributed by atoms with Crippen molar-refractivity contribution in [2.24, 2.45) is 28.6 Å². The van der Waals surface area contributed by atoms with E-state index in [1.54, 1.807) is 0 Å². The molecule has 0 aliphatic heterocycles. The molecule has 4 rings (SSSR count). The van der Waals surface area contributed by atoms with Gasteiger partial charge in [0.25, 0.3) is 0 Å². The highest BCUT2D eigenvalue weighted by Crippen LogP contribution is 2.68. The number of hydrogen-bond donors (Lipinski definition) is 1. The molecule has 2 nitrogen and oxygen atoms in total. The third-order valence-corrected chi connectivity index (χ3v) is 8.84. The highest BCUT2D eigenvalue weighted by Gasteiger charge is 2.65. The van der Waals surface area contributed by atoms with Crippen LogP contribution in [0, 0.1) is 28.6 Å². The van der Waals surface area contributed by atoms with Crippen LogP contribution in [0.15, 0.2) is 11.6 Å². The summed E-state index contributed by atoms with van der Waals surface area (Å²) in [6.07, 6.45) is 11.5. The van der Waals surface area contributed by atoms with Crippen molar-refractivity contribution in [3.63, 3.8) is 0 Å². The van der Waals surface area contributed by atoms with Gasteiger partial charge in [-0.1, -0.05) is 32.8 Å². The van der Waals surface area contributed by atoms with E-state index in [9.17, 15) is 9.90 Å². The van der Waals surface area contributed by atoms with Crippen molar-refractivity contribution in [3.05, 3.63) is 11.6 Å². The van der Waals surface area contributed by atoms with Crippen LogP contribution in [0.3, 0.4) is 0 Å². The fraction of sp³-hybridized carbons (Fsp3) is 0.857. The lowest BCUT2D eigenvalue weighted by atomic mass is 9.44. The number of carbonyl (C=O) groups is 1. The number of rotatable bonds is 1. The summed E-state index contributed by atoms with van der Waals surface area (Å²) < 4.78 is 0. The van der Waals surface area contributed by atoms with Crippen molar-refractivity contribution in [2.45, 2.75) is 84.2 Å². The maximum Gasteiger partial charge on any atom is 0.155 e. The van der Waals surface area contributed by atoms with Crippen LogP contribution in [0.2, 0.25) is 0 Å². The van der Waals surface area contributed by atoms with Crippen LogP contribution in [-0.4, -0.2) is 16.5 Å². The average Bonchev–Trinajstić information content (AvgIpc) is 2.86. The van der Waals surface area contributed by atoms with E-state index in [2.05, 4.69) is 20.8 Å². The van der Waals surface area contributed by atoms with Crippen molar-refractivity contribution in [1.29, 1.82) is 0 Å². The van der Waals surface area contributed by atoms with E-state index in [1.807, 2.05) is 6.08 Å². The molecular formula is C21H32O2. The van der Waals surface area contributed by atoms with Gasteiger partial charge in [-0.2, -0.15) is 0 Å². The molecule has 0 radical (unpaired) electrons. The molecule has 0 aromatic rings. The summed E-state index contributed by atoms with van der Waals surface area (Å²) in [6, 6.07) is 0. The van der Waals surface area contributed by atoms with Gasteiger partial charge in [0, 0.05) is 11.8 Å². The molecule has 23 heavy (non-hydrogen) atoms. The second-order valence-electron chi connectivity index (χ2n) is 9.33. The minimum absolute atomic E-state index is 0.157. The largest absolute Gasteiger partial charge is 0.389 e. The van der Waals surface area contributed by atoms with Crippen LogP contribution in [-0.2, 0) is 4.79 Å². The number of fused-ring (bicyclic) bond motifs is 5. The Morgan fingerprint density at radius 1 is 1.09 bits per heavy atom. The highest BCUT2D eigenvalue weighted by atomic mass is 16.3. The molecule has 4 aliphatic carbocycles. The van der Waals surface area contributed by atoms with Crippen molar-refractivity contribution in [2.75, 3.05) is 0 Å². The van der Waals surface area contributed by atoms with E-state index >= 15 is 0 Å². The van der Waals surface area contributed by atoms with Crippen LogP contribution in [0.25, 0.3) is 0 Å². The Kier molecular flexibility index (Phi) is 3.41. The van der Waals surface area contributed by atoms with E-state index in [0.717, 1.165) is 31.6 Å². The van der Waals surface area contributed by atoms with E-state index in [4.69, 9.17) is 0 Å². The lowest BCUT2D eigenvalue weighted by Gasteiger charge is -2.63. The van der Waals surface area contributed by atoms with Crippen LogP contribution in [0.5, 0.6) is 0 Å². The second kappa shape index (κ2) is 4.94. The SMILES string of the molecule is CC[C@H]1CC[C@H]2[C@@H]3CCC4=CC(=O)CC[C@]4(C)[C@@]3(O)CC[C@]12C. The fourth-order valence-corrected chi connectivity index (χ4v) is 7.28. The first-order valence-electron chi connectivity index (χ1n) is 9.81. The lowest BCUT2D eigenvalue weighted by molar-refractivity contribution is -0.192. The summed E-state index contributed by atoms with van der Waals surface area (Å²) in [5.74, 6) is 2.23. The lowest BCUT2D eigenvalue weighted by Crippen LogP contribution is -2.63. The third kappa shape index (κ3) is 1.88. The van der Waals surface area contributed by atoms with E-state index in [1.165, 1.54) is 31.3 Å². The molecule has 1 N–H and O–H groups in total. The molecule has 2 heteroatoms. The van der Waals surface area contributed by atoms with Crippen LogP contribution in [0.4, 0.5) is 0 Å². The second-order valence-corrected chi connectivity index (χ2v) is 9.33. The molecule has 0 amide bonds. The first-order chi connectivity index (χ1) is 10.8. The molecule has 0 spiro atoms. The number of ketones is 1. The Hall–Kier alpha value is -0.630. The monoisotopic (exact) mass is 316 g/mol. The van der Waals surface area contributed by atoms with Crippen LogP contribution >= 0.6 is 0 Å². The van der Waals surface area contributed by atoms with Gasteiger partial charge in [0.1, 0.15) is 0 Å². The van der Waals surface area contributed by atoms with Gasteiger partial charge in [0.15, 0.2) is 5.78 Å². The zero-order chi connectivity index (χ0) is 16.5. The first kappa shape index (κ1) is 15.9. The average molecular weight is 316 g/mol. The molecule has 0 bridgehead atoms. The molecule has 0 heterocycles.